The van der Waals surface area contributed by atoms with Crippen LogP contribution < -0.4 is 15.9 Å². The van der Waals surface area contributed by atoms with Gasteiger partial charge in [0.25, 0.3) is 5.91 Å². The fourth-order valence-electron chi connectivity index (χ4n) is 1.31. The lowest BCUT2D eigenvalue weighted by atomic mass is 10.2. The van der Waals surface area contributed by atoms with E-state index in [1.54, 1.807) is 13.3 Å². The van der Waals surface area contributed by atoms with Gasteiger partial charge in [0.15, 0.2) is 4.34 Å². The molecule has 3 N–H and O–H groups in total. The van der Waals surface area contributed by atoms with Gasteiger partial charge >= 0.3 is 0 Å². The molecule has 110 valence electrons. The number of carbonyl (C=O) groups is 1. The molecule has 0 fully saturated rings. The van der Waals surface area contributed by atoms with Crippen molar-refractivity contribution in [2.24, 2.45) is 5.10 Å². The SMILES string of the molecule is COc1ccc(C=NNC(=O)CSc2nnc(N)s2)cc1. The number of nitrogens with one attached hydrogen (secondary N) is 1. The number of benzene rings is 1. The molecule has 1 aromatic carbocycles. The first-order chi connectivity index (χ1) is 10.2. The van der Waals surface area contributed by atoms with Gasteiger partial charge in [-0.1, -0.05) is 23.1 Å². The van der Waals surface area contributed by atoms with Crippen LogP contribution in [0.4, 0.5) is 5.13 Å². The fourth-order valence-corrected chi connectivity index (χ4v) is 2.74. The number of nitrogens with zero attached hydrogens (tertiary/aromatic N) is 3. The number of anilines is 1. The second-order valence-corrected chi connectivity index (χ2v) is 5.99. The van der Waals surface area contributed by atoms with Crippen LogP contribution >= 0.6 is 23.1 Å². The summed E-state index contributed by atoms with van der Waals surface area (Å²) in [6.07, 6.45) is 1.56. The van der Waals surface area contributed by atoms with Crippen molar-refractivity contribution in [3.63, 3.8) is 0 Å². The summed E-state index contributed by atoms with van der Waals surface area (Å²) in [6.45, 7) is 0. The number of carbonyl (C=O) groups excluding carboxylic acids is 1. The minimum Gasteiger partial charge on any atom is -0.497 e. The zero-order valence-corrected chi connectivity index (χ0v) is 12.8. The molecule has 0 radical (unpaired) electrons. The number of hydrogen-bond acceptors (Lipinski definition) is 8. The Labute approximate surface area is 129 Å². The van der Waals surface area contributed by atoms with Crippen molar-refractivity contribution in [3.05, 3.63) is 29.8 Å². The molecule has 0 aliphatic carbocycles. The van der Waals surface area contributed by atoms with Crippen LogP contribution in [0.3, 0.4) is 0 Å². The third-order valence-corrected chi connectivity index (χ3v) is 4.15. The molecule has 7 nitrogen and oxygen atoms in total. The minimum absolute atomic E-state index is 0.203. The third-order valence-electron chi connectivity index (χ3n) is 2.27. The number of nitrogen functional groups attached to an aromatic ring is 1. The number of thioether (sulfide) groups is 1. The monoisotopic (exact) mass is 323 g/mol. The molecule has 0 atom stereocenters. The predicted molar refractivity (Wildman–Crippen MR) is 83.8 cm³/mol. The lowest BCUT2D eigenvalue weighted by molar-refractivity contribution is -0.118. The summed E-state index contributed by atoms with van der Waals surface area (Å²) < 4.78 is 5.71. The molecule has 0 bridgehead atoms. The third kappa shape index (κ3) is 5.04. The highest BCUT2D eigenvalue weighted by molar-refractivity contribution is 8.01. The van der Waals surface area contributed by atoms with Crippen molar-refractivity contribution in [1.29, 1.82) is 0 Å². The zero-order chi connectivity index (χ0) is 15.1. The number of amides is 1. The van der Waals surface area contributed by atoms with Crippen molar-refractivity contribution >= 4 is 40.4 Å². The van der Waals surface area contributed by atoms with E-state index in [0.717, 1.165) is 11.3 Å². The Morgan fingerprint density at radius 2 is 2.24 bits per heavy atom. The number of rotatable bonds is 6. The highest BCUT2D eigenvalue weighted by Gasteiger charge is 2.05. The first kappa shape index (κ1) is 15.3. The Morgan fingerprint density at radius 3 is 2.86 bits per heavy atom. The first-order valence-electron chi connectivity index (χ1n) is 5.85. The van der Waals surface area contributed by atoms with Crippen molar-refractivity contribution in [3.8, 4) is 5.75 Å². The summed E-state index contributed by atoms with van der Waals surface area (Å²) >= 11 is 2.51. The van der Waals surface area contributed by atoms with E-state index in [0.29, 0.717) is 9.47 Å². The molecule has 2 aromatic rings. The van der Waals surface area contributed by atoms with Crippen LogP contribution in [0, 0.1) is 0 Å². The normalized spacial score (nSPS) is 10.7. The molecule has 0 unspecified atom stereocenters. The predicted octanol–water partition coefficient (Wildman–Crippen LogP) is 1.37. The van der Waals surface area contributed by atoms with E-state index in [9.17, 15) is 4.79 Å². The Morgan fingerprint density at radius 1 is 1.48 bits per heavy atom. The molecule has 0 aliphatic rings. The molecular formula is C12H13N5O2S2. The minimum atomic E-state index is -0.224. The van der Waals surface area contributed by atoms with E-state index in [4.69, 9.17) is 10.5 Å². The molecular weight excluding hydrogens is 310 g/mol. The van der Waals surface area contributed by atoms with Gasteiger partial charge in [-0.15, -0.1) is 10.2 Å². The van der Waals surface area contributed by atoms with Crippen LogP contribution in [-0.2, 0) is 4.79 Å². The maximum Gasteiger partial charge on any atom is 0.250 e. The van der Waals surface area contributed by atoms with E-state index < -0.39 is 0 Å². The van der Waals surface area contributed by atoms with E-state index in [-0.39, 0.29) is 11.7 Å². The highest BCUT2D eigenvalue weighted by atomic mass is 32.2. The van der Waals surface area contributed by atoms with Crippen LogP contribution in [0.2, 0.25) is 0 Å². The van der Waals surface area contributed by atoms with E-state index in [1.165, 1.54) is 23.1 Å². The smallest absolute Gasteiger partial charge is 0.250 e. The maximum atomic E-state index is 11.6. The Kier molecular flexibility index (Phi) is 5.52. The molecule has 0 saturated heterocycles. The Balaban J connectivity index is 1.76. The van der Waals surface area contributed by atoms with Gasteiger partial charge in [-0.05, 0) is 29.8 Å². The van der Waals surface area contributed by atoms with Gasteiger partial charge in [0.1, 0.15) is 5.75 Å². The van der Waals surface area contributed by atoms with Crippen molar-refractivity contribution in [2.45, 2.75) is 4.34 Å². The van der Waals surface area contributed by atoms with E-state index in [1.807, 2.05) is 24.3 Å². The van der Waals surface area contributed by atoms with E-state index in [2.05, 4.69) is 20.7 Å². The van der Waals surface area contributed by atoms with Gasteiger partial charge < -0.3 is 10.5 Å². The largest absolute Gasteiger partial charge is 0.497 e. The molecule has 21 heavy (non-hydrogen) atoms. The van der Waals surface area contributed by atoms with E-state index >= 15 is 0 Å². The standard InChI is InChI=1S/C12H13N5O2S2/c1-19-9-4-2-8(3-5-9)6-14-15-10(18)7-20-12-17-16-11(13)21-12/h2-6H,7H2,1H3,(H2,13,16)(H,15,18). The molecule has 9 heteroatoms. The summed E-state index contributed by atoms with van der Waals surface area (Å²) in [5.74, 6) is 0.747. The summed E-state index contributed by atoms with van der Waals surface area (Å²) in [5.41, 5.74) is 8.75. The van der Waals surface area contributed by atoms with Crippen LogP contribution in [0.5, 0.6) is 5.75 Å². The topological polar surface area (TPSA) is 102 Å². The van der Waals surface area contributed by atoms with Crippen LogP contribution in [0.1, 0.15) is 5.56 Å². The van der Waals surface area contributed by atoms with Gasteiger partial charge in [0.2, 0.25) is 5.13 Å². The molecule has 1 aromatic heterocycles. The average molecular weight is 323 g/mol. The quantitative estimate of drug-likeness (QED) is 0.473. The number of methoxy groups -OCH3 is 1. The summed E-state index contributed by atoms with van der Waals surface area (Å²) in [6, 6.07) is 7.32. The maximum absolute atomic E-state index is 11.6. The molecule has 1 heterocycles. The highest BCUT2D eigenvalue weighted by Crippen LogP contribution is 2.22. The van der Waals surface area contributed by atoms with Gasteiger partial charge in [0, 0.05) is 0 Å². The first-order valence-corrected chi connectivity index (χ1v) is 7.65. The summed E-state index contributed by atoms with van der Waals surface area (Å²) in [4.78, 5) is 11.6. The number of hydrogen-bond donors (Lipinski definition) is 2. The molecule has 0 aliphatic heterocycles. The number of aromatic nitrogens is 2. The van der Waals surface area contributed by atoms with Gasteiger partial charge in [-0.2, -0.15) is 5.10 Å². The zero-order valence-electron chi connectivity index (χ0n) is 11.1. The van der Waals surface area contributed by atoms with Crippen molar-refractivity contribution in [2.75, 3.05) is 18.6 Å². The van der Waals surface area contributed by atoms with Crippen LogP contribution in [-0.4, -0.2) is 35.2 Å². The van der Waals surface area contributed by atoms with Crippen molar-refractivity contribution < 1.29 is 9.53 Å². The molecule has 2 rings (SSSR count). The molecule has 0 spiro atoms. The number of hydrazone groups is 1. The Bertz CT molecular complexity index is 627. The van der Waals surface area contributed by atoms with Gasteiger partial charge in [-0.3, -0.25) is 4.79 Å². The lowest BCUT2D eigenvalue weighted by Crippen LogP contribution is -2.19. The average Bonchev–Trinajstić information content (AvgIpc) is 2.91. The number of nitrogens with two attached hydrogens (primary N) is 1. The Hall–Kier alpha value is -2.13. The van der Waals surface area contributed by atoms with Crippen LogP contribution in [0.25, 0.3) is 0 Å². The summed E-state index contributed by atoms with van der Waals surface area (Å²) in [5, 5.41) is 11.7. The van der Waals surface area contributed by atoms with Crippen LogP contribution in [0.15, 0.2) is 33.7 Å². The van der Waals surface area contributed by atoms with Gasteiger partial charge in [-0.25, -0.2) is 5.43 Å². The fraction of sp³-hybridized carbons (Fsp3) is 0.167. The second-order valence-electron chi connectivity index (χ2n) is 3.76. The second kappa shape index (κ2) is 7.60. The number of ether oxygens (including phenoxy) is 1. The lowest BCUT2D eigenvalue weighted by Gasteiger charge is -1.99. The molecule has 0 saturated carbocycles. The molecule has 1 amide bonds. The van der Waals surface area contributed by atoms with Crippen molar-refractivity contribution in [1.82, 2.24) is 15.6 Å². The van der Waals surface area contributed by atoms with Gasteiger partial charge in [0.05, 0.1) is 19.1 Å². The summed E-state index contributed by atoms with van der Waals surface area (Å²) in [7, 11) is 1.60.